The number of aryl methyl sites for hydroxylation is 2. The summed E-state index contributed by atoms with van der Waals surface area (Å²) in [6.45, 7) is 6.18. The summed E-state index contributed by atoms with van der Waals surface area (Å²) in [6, 6.07) is 2.00. The first-order valence-electron chi connectivity index (χ1n) is 8.76. The molecule has 0 aromatic carbocycles. The van der Waals surface area contributed by atoms with Crippen LogP contribution in [-0.2, 0) is 13.5 Å². The smallest absolute Gasteiger partial charge is 0.160 e. The quantitative estimate of drug-likeness (QED) is 0.669. The Bertz CT molecular complexity index is 860. The first-order chi connectivity index (χ1) is 12.0. The largest absolute Gasteiger partial charge is 0.370 e. The summed E-state index contributed by atoms with van der Waals surface area (Å²) in [5, 5.41) is 8.36. The summed E-state index contributed by atoms with van der Waals surface area (Å²) in [6.07, 6.45) is 5.71. The maximum absolute atomic E-state index is 4.78. The van der Waals surface area contributed by atoms with Gasteiger partial charge < -0.3 is 14.8 Å². The minimum atomic E-state index is 0.837. The number of hydrogen-bond acceptors (Lipinski definition) is 5. The molecule has 134 valence electrons. The molecule has 0 aliphatic carbocycles. The van der Waals surface area contributed by atoms with E-state index in [9.17, 15) is 0 Å². The Morgan fingerprint density at radius 3 is 2.72 bits per heavy atom. The number of nitrogens with zero attached hydrogens (tertiary/aromatic N) is 6. The lowest BCUT2D eigenvalue weighted by Crippen LogP contribution is -2.18. The molecule has 0 amide bonds. The first-order valence-corrected chi connectivity index (χ1v) is 8.76. The van der Waals surface area contributed by atoms with E-state index in [1.807, 2.05) is 28.4 Å². The normalized spacial score (nSPS) is 11.6. The second-order valence-electron chi connectivity index (χ2n) is 6.62. The van der Waals surface area contributed by atoms with Crippen LogP contribution in [0.1, 0.15) is 24.6 Å². The van der Waals surface area contributed by atoms with Crippen molar-refractivity contribution in [3.8, 4) is 11.5 Å². The molecule has 0 atom stereocenters. The second kappa shape index (κ2) is 7.23. The molecule has 0 spiro atoms. The maximum atomic E-state index is 4.78. The number of imidazole rings is 1. The molecule has 3 rings (SSSR count). The van der Waals surface area contributed by atoms with Crippen molar-refractivity contribution in [2.45, 2.75) is 26.7 Å². The lowest BCUT2D eigenvalue weighted by molar-refractivity contribution is 0.405. The Labute approximate surface area is 148 Å². The van der Waals surface area contributed by atoms with E-state index in [1.54, 1.807) is 6.20 Å². The van der Waals surface area contributed by atoms with Crippen LogP contribution in [0.3, 0.4) is 0 Å². The van der Waals surface area contributed by atoms with E-state index in [4.69, 9.17) is 10.1 Å². The summed E-state index contributed by atoms with van der Waals surface area (Å²) in [4.78, 5) is 11.3. The Morgan fingerprint density at radius 2 is 2.08 bits per heavy atom. The highest BCUT2D eigenvalue weighted by molar-refractivity contribution is 5.63. The highest BCUT2D eigenvalue weighted by atomic mass is 15.3. The van der Waals surface area contributed by atoms with Crippen molar-refractivity contribution in [1.82, 2.24) is 29.0 Å². The van der Waals surface area contributed by atoms with Crippen molar-refractivity contribution >= 4 is 11.5 Å². The van der Waals surface area contributed by atoms with Gasteiger partial charge in [-0.3, -0.25) is 0 Å². The van der Waals surface area contributed by atoms with Crippen LogP contribution >= 0.6 is 0 Å². The Balaban J connectivity index is 1.99. The molecule has 1 N–H and O–H groups in total. The second-order valence-corrected chi connectivity index (χ2v) is 6.62. The zero-order valence-electron chi connectivity index (χ0n) is 15.7. The van der Waals surface area contributed by atoms with Crippen molar-refractivity contribution in [2.75, 3.05) is 32.5 Å². The fourth-order valence-electron chi connectivity index (χ4n) is 3.08. The van der Waals surface area contributed by atoms with Crippen LogP contribution in [0.2, 0.25) is 0 Å². The number of fused-ring (bicyclic) bond motifs is 1. The zero-order valence-corrected chi connectivity index (χ0v) is 15.7. The van der Waals surface area contributed by atoms with Crippen LogP contribution in [0.25, 0.3) is 17.2 Å². The van der Waals surface area contributed by atoms with Gasteiger partial charge in [-0.05, 0) is 40.4 Å². The number of anilines is 1. The number of aromatic nitrogens is 5. The van der Waals surface area contributed by atoms with E-state index >= 15 is 0 Å². The third kappa shape index (κ3) is 3.51. The first kappa shape index (κ1) is 17.4. The van der Waals surface area contributed by atoms with Crippen LogP contribution in [0, 0.1) is 6.92 Å². The van der Waals surface area contributed by atoms with Crippen molar-refractivity contribution in [3.63, 3.8) is 0 Å². The fraction of sp³-hybridized carbons (Fsp3) is 0.500. The molecule has 0 aliphatic rings. The molecule has 7 nitrogen and oxygen atoms in total. The predicted octanol–water partition coefficient (Wildman–Crippen LogP) is 2.36. The van der Waals surface area contributed by atoms with E-state index in [1.165, 1.54) is 5.56 Å². The SMILES string of the molecule is CCc1c(C)nc2cc(-c3nccn3C)nn2c1NCCCN(C)C. The molecule has 3 aromatic heterocycles. The van der Waals surface area contributed by atoms with Gasteiger partial charge >= 0.3 is 0 Å². The van der Waals surface area contributed by atoms with Gasteiger partial charge in [-0.15, -0.1) is 0 Å². The van der Waals surface area contributed by atoms with E-state index < -0.39 is 0 Å². The number of nitrogens with one attached hydrogen (secondary N) is 1. The van der Waals surface area contributed by atoms with Gasteiger partial charge in [-0.2, -0.15) is 9.61 Å². The van der Waals surface area contributed by atoms with Crippen molar-refractivity contribution in [1.29, 1.82) is 0 Å². The third-order valence-corrected chi connectivity index (χ3v) is 4.39. The Hall–Kier alpha value is -2.41. The average Bonchev–Trinajstić information content (AvgIpc) is 3.16. The molecule has 0 saturated carbocycles. The van der Waals surface area contributed by atoms with Gasteiger partial charge in [0.2, 0.25) is 0 Å². The predicted molar refractivity (Wildman–Crippen MR) is 101 cm³/mol. The van der Waals surface area contributed by atoms with Crippen molar-refractivity contribution < 1.29 is 0 Å². The highest BCUT2D eigenvalue weighted by Crippen LogP contribution is 2.24. The standard InChI is InChI=1S/C18H27N7/c1-6-14-13(2)21-16-12-15(18-20-9-11-24(18)5)22-25(16)17(14)19-8-7-10-23(3)4/h9,11-12,19H,6-8,10H2,1-5H3. The Kier molecular flexibility index (Phi) is 5.03. The topological polar surface area (TPSA) is 63.3 Å². The minimum absolute atomic E-state index is 0.837. The minimum Gasteiger partial charge on any atom is -0.370 e. The van der Waals surface area contributed by atoms with E-state index in [0.717, 1.165) is 54.6 Å². The van der Waals surface area contributed by atoms with E-state index in [-0.39, 0.29) is 0 Å². The van der Waals surface area contributed by atoms with Gasteiger partial charge in [-0.1, -0.05) is 6.92 Å². The molecule has 0 radical (unpaired) electrons. The van der Waals surface area contributed by atoms with Crippen LogP contribution in [0.4, 0.5) is 5.82 Å². The lowest BCUT2D eigenvalue weighted by Gasteiger charge is -2.15. The monoisotopic (exact) mass is 341 g/mol. The van der Waals surface area contributed by atoms with Crippen LogP contribution in [0.5, 0.6) is 0 Å². The molecule has 7 heteroatoms. The molecule has 3 heterocycles. The summed E-state index contributed by atoms with van der Waals surface area (Å²) in [7, 11) is 6.17. The Morgan fingerprint density at radius 1 is 1.28 bits per heavy atom. The molecule has 3 aromatic rings. The lowest BCUT2D eigenvalue weighted by atomic mass is 10.1. The molecular weight excluding hydrogens is 314 g/mol. The summed E-state index contributed by atoms with van der Waals surface area (Å²) >= 11 is 0. The van der Waals surface area contributed by atoms with Gasteiger partial charge in [0, 0.05) is 43.3 Å². The van der Waals surface area contributed by atoms with Crippen LogP contribution in [0.15, 0.2) is 18.5 Å². The van der Waals surface area contributed by atoms with Gasteiger partial charge in [-0.25, -0.2) is 9.97 Å². The molecule has 25 heavy (non-hydrogen) atoms. The molecular formula is C18H27N7. The molecule has 0 saturated heterocycles. The zero-order chi connectivity index (χ0) is 18.0. The molecule has 0 bridgehead atoms. The number of hydrogen-bond donors (Lipinski definition) is 1. The summed E-state index contributed by atoms with van der Waals surface area (Å²) in [5.41, 5.74) is 3.95. The molecule has 0 aliphatic heterocycles. The third-order valence-electron chi connectivity index (χ3n) is 4.39. The van der Waals surface area contributed by atoms with Gasteiger partial charge in [0.25, 0.3) is 0 Å². The van der Waals surface area contributed by atoms with Crippen molar-refractivity contribution in [2.24, 2.45) is 7.05 Å². The van der Waals surface area contributed by atoms with Gasteiger partial charge in [0.05, 0.1) is 0 Å². The molecule has 0 fully saturated rings. The average molecular weight is 341 g/mol. The summed E-state index contributed by atoms with van der Waals surface area (Å²) < 4.78 is 3.89. The number of rotatable bonds is 7. The maximum Gasteiger partial charge on any atom is 0.160 e. The van der Waals surface area contributed by atoms with Gasteiger partial charge in [0.15, 0.2) is 11.5 Å². The van der Waals surface area contributed by atoms with Crippen LogP contribution in [-0.4, -0.2) is 56.2 Å². The van der Waals surface area contributed by atoms with E-state index in [2.05, 4.69) is 43.1 Å². The van der Waals surface area contributed by atoms with Crippen LogP contribution < -0.4 is 5.32 Å². The van der Waals surface area contributed by atoms with Gasteiger partial charge in [0.1, 0.15) is 11.5 Å². The summed E-state index contributed by atoms with van der Waals surface area (Å²) in [5.74, 6) is 1.89. The highest BCUT2D eigenvalue weighted by Gasteiger charge is 2.16. The molecule has 0 unspecified atom stereocenters. The van der Waals surface area contributed by atoms with E-state index in [0.29, 0.717) is 0 Å². The fourth-order valence-corrected chi connectivity index (χ4v) is 3.08. The van der Waals surface area contributed by atoms with Crippen molar-refractivity contribution in [3.05, 3.63) is 29.7 Å².